The van der Waals surface area contributed by atoms with Crippen molar-refractivity contribution in [2.45, 2.75) is 53.1 Å². The van der Waals surface area contributed by atoms with E-state index in [-0.39, 0.29) is 17.5 Å². The molecule has 0 aliphatic rings. The van der Waals surface area contributed by atoms with Gasteiger partial charge in [0.2, 0.25) is 0 Å². The van der Waals surface area contributed by atoms with Crippen molar-refractivity contribution in [3.8, 4) is 0 Å². The van der Waals surface area contributed by atoms with Gasteiger partial charge in [-0.15, -0.1) is 0 Å². The first kappa shape index (κ1) is 11.9. The predicted octanol–water partition coefficient (Wildman–Crippen LogP) is 1.73. The summed E-state index contributed by atoms with van der Waals surface area (Å²) in [5, 5.41) is 0. The summed E-state index contributed by atoms with van der Waals surface area (Å²) < 4.78 is 0. The summed E-state index contributed by atoms with van der Waals surface area (Å²) >= 11 is 0. The maximum atomic E-state index is 6.08. The molecule has 0 radical (unpaired) electrons. The fourth-order valence-electron chi connectivity index (χ4n) is 1.17. The zero-order valence-corrected chi connectivity index (χ0v) is 9.09. The third-order valence-corrected chi connectivity index (χ3v) is 3.00. The van der Waals surface area contributed by atoms with Crippen LogP contribution in [0.4, 0.5) is 0 Å². The zero-order chi connectivity index (χ0) is 9.94. The van der Waals surface area contributed by atoms with Crippen molar-refractivity contribution in [3.63, 3.8) is 0 Å². The van der Waals surface area contributed by atoms with Crippen LogP contribution in [0.3, 0.4) is 0 Å². The average molecular weight is 172 g/mol. The third-order valence-electron chi connectivity index (χ3n) is 3.00. The van der Waals surface area contributed by atoms with Crippen LogP contribution in [0, 0.1) is 11.3 Å². The van der Waals surface area contributed by atoms with Crippen LogP contribution >= 0.6 is 0 Å². The second kappa shape index (κ2) is 4.24. The summed E-state index contributed by atoms with van der Waals surface area (Å²) in [6.07, 6.45) is 1.08. The van der Waals surface area contributed by atoms with Gasteiger partial charge in [0.15, 0.2) is 0 Å². The molecule has 2 heteroatoms. The third kappa shape index (κ3) is 2.76. The molecule has 2 nitrogen and oxygen atoms in total. The molecule has 0 aromatic heterocycles. The Morgan fingerprint density at radius 2 is 1.58 bits per heavy atom. The van der Waals surface area contributed by atoms with Gasteiger partial charge in [0.05, 0.1) is 0 Å². The van der Waals surface area contributed by atoms with E-state index in [1.807, 2.05) is 0 Å². The SMILES string of the molecule is CCC(C)(C)C(N)C(N)C(C)C. The Bertz CT molecular complexity index is 130. The molecule has 0 saturated carbocycles. The van der Waals surface area contributed by atoms with Crippen LogP contribution in [0.2, 0.25) is 0 Å². The van der Waals surface area contributed by atoms with Crippen LogP contribution in [0.1, 0.15) is 41.0 Å². The number of nitrogens with two attached hydrogens (primary N) is 2. The Morgan fingerprint density at radius 3 is 1.83 bits per heavy atom. The maximum Gasteiger partial charge on any atom is 0.0246 e. The number of hydrogen-bond donors (Lipinski definition) is 2. The van der Waals surface area contributed by atoms with Gasteiger partial charge in [0.25, 0.3) is 0 Å². The quantitative estimate of drug-likeness (QED) is 0.678. The van der Waals surface area contributed by atoms with Gasteiger partial charge in [0.1, 0.15) is 0 Å². The molecule has 0 heterocycles. The van der Waals surface area contributed by atoms with Crippen molar-refractivity contribution in [1.82, 2.24) is 0 Å². The van der Waals surface area contributed by atoms with Gasteiger partial charge >= 0.3 is 0 Å². The van der Waals surface area contributed by atoms with E-state index in [4.69, 9.17) is 11.5 Å². The van der Waals surface area contributed by atoms with Crippen molar-refractivity contribution in [2.75, 3.05) is 0 Å². The van der Waals surface area contributed by atoms with E-state index in [9.17, 15) is 0 Å². The molecule has 0 aliphatic carbocycles. The van der Waals surface area contributed by atoms with Gasteiger partial charge in [-0.2, -0.15) is 0 Å². The molecule has 4 N–H and O–H groups in total. The van der Waals surface area contributed by atoms with Crippen LogP contribution in [0.25, 0.3) is 0 Å². The molecule has 2 unspecified atom stereocenters. The van der Waals surface area contributed by atoms with Crippen LogP contribution in [-0.2, 0) is 0 Å². The zero-order valence-electron chi connectivity index (χ0n) is 9.09. The minimum Gasteiger partial charge on any atom is -0.326 e. The summed E-state index contributed by atoms with van der Waals surface area (Å²) in [6, 6.07) is 0.211. The molecule has 12 heavy (non-hydrogen) atoms. The van der Waals surface area contributed by atoms with Crippen LogP contribution in [-0.4, -0.2) is 12.1 Å². The highest BCUT2D eigenvalue weighted by Crippen LogP contribution is 2.26. The molecule has 0 fully saturated rings. The molecule has 0 bridgehead atoms. The van der Waals surface area contributed by atoms with E-state index >= 15 is 0 Å². The Morgan fingerprint density at radius 1 is 1.17 bits per heavy atom. The largest absolute Gasteiger partial charge is 0.326 e. The fraction of sp³-hybridized carbons (Fsp3) is 1.00. The van der Waals surface area contributed by atoms with Crippen molar-refractivity contribution in [3.05, 3.63) is 0 Å². The van der Waals surface area contributed by atoms with Crippen molar-refractivity contribution < 1.29 is 0 Å². The fourth-order valence-corrected chi connectivity index (χ4v) is 1.17. The van der Waals surface area contributed by atoms with Crippen molar-refractivity contribution in [1.29, 1.82) is 0 Å². The first-order valence-corrected chi connectivity index (χ1v) is 4.84. The minimum absolute atomic E-state index is 0.0995. The van der Waals surface area contributed by atoms with Crippen LogP contribution < -0.4 is 11.5 Å². The lowest BCUT2D eigenvalue weighted by molar-refractivity contribution is 0.217. The van der Waals surface area contributed by atoms with Gasteiger partial charge < -0.3 is 11.5 Å². The highest BCUT2D eigenvalue weighted by molar-refractivity contribution is 4.89. The monoisotopic (exact) mass is 172 g/mol. The maximum absolute atomic E-state index is 6.08. The summed E-state index contributed by atoms with van der Waals surface area (Å²) in [6.45, 7) is 10.8. The molecule has 0 aromatic carbocycles. The first-order chi connectivity index (χ1) is 5.33. The molecule has 74 valence electrons. The molecule has 0 aliphatic heterocycles. The highest BCUT2D eigenvalue weighted by Gasteiger charge is 2.30. The van der Waals surface area contributed by atoms with Crippen LogP contribution in [0.15, 0.2) is 0 Å². The molecule has 0 aromatic rings. The van der Waals surface area contributed by atoms with Gasteiger partial charge in [-0.3, -0.25) is 0 Å². The molecular weight excluding hydrogens is 148 g/mol. The summed E-state index contributed by atoms with van der Waals surface area (Å²) in [5.74, 6) is 0.464. The summed E-state index contributed by atoms with van der Waals surface area (Å²) in [5.41, 5.74) is 12.2. The summed E-state index contributed by atoms with van der Waals surface area (Å²) in [4.78, 5) is 0. The van der Waals surface area contributed by atoms with Crippen molar-refractivity contribution in [2.24, 2.45) is 22.8 Å². The molecular formula is C10H24N2. The highest BCUT2D eigenvalue weighted by atomic mass is 14.8. The molecule has 0 amide bonds. The van der Waals surface area contributed by atoms with Crippen LogP contribution in [0.5, 0.6) is 0 Å². The van der Waals surface area contributed by atoms with Gasteiger partial charge in [-0.05, 0) is 17.8 Å². The smallest absolute Gasteiger partial charge is 0.0246 e. The summed E-state index contributed by atoms with van der Waals surface area (Å²) in [7, 11) is 0. The Balaban J connectivity index is 4.27. The topological polar surface area (TPSA) is 52.0 Å². The average Bonchev–Trinajstić information content (AvgIpc) is 2.01. The Labute approximate surface area is 76.7 Å². The van der Waals surface area contributed by atoms with Gasteiger partial charge in [-0.25, -0.2) is 0 Å². The number of rotatable bonds is 4. The van der Waals surface area contributed by atoms with E-state index in [1.54, 1.807) is 0 Å². The molecule has 2 atom stereocenters. The Hall–Kier alpha value is -0.0800. The van der Waals surface area contributed by atoms with Gasteiger partial charge in [0, 0.05) is 12.1 Å². The lowest BCUT2D eigenvalue weighted by atomic mass is 9.76. The first-order valence-electron chi connectivity index (χ1n) is 4.84. The van der Waals surface area contributed by atoms with E-state index in [2.05, 4.69) is 34.6 Å². The second-order valence-electron chi connectivity index (χ2n) is 4.69. The standard InChI is InChI=1S/C10H24N2/c1-6-10(4,5)9(12)8(11)7(2)3/h7-9H,6,11-12H2,1-5H3. The minimum atomic E-state index is 0.0995. The molecule has 0 spiro atoms. The van der Waals surface area contributed by atoms with E-state index in [0.717, 1.165) is 6.42 Å². The van der Waals surface area contributed by atoms with Gasteiger partial charge in [-0.1, -0.05) is 34.6 Å². The van der Waals surface area contributed by atoms with E-state index in [1.165, 1.54) is 0 Å². The number of hydrogen-bond acceptors (Lipinski definition) is 2. The Kier molecular flexibility index (Phi) is 4.21. The normalized spacial score (nSPS) is 18.0. The lowest BCUT2D eigenvalue weighted by Crippen LogP contribution is -2.53. The predicted molar refractivity (Wildman–Crippen MR) is 54.9 cm³/mol. The second-order valence-corrected chi connectivity index (χ2v) is 4.69. The van der Waals surface area contributed by atoms with E-state index in [0.29, 0.717) is 5.92 Å². The van der Waals surface area contributed by atoms with Crippen molar-refractivity contribution >= 4 is 0 Å². The lowest BCUT2D eigenvalue weighted by Gasteiger charge is -2.36. The molecule has 0 saturated heterocycles. The van der Waals surface area contributed by atoms with E-state index < -0.39 is 0 Å². The molecule has 0 rings (SSSR count).